The van der Waals surface area contributed by atoms with Gasteiger partial charge in [-0.25, -0.2) is 0 Å². The van der Waals surface area contributed by atoms with Gasteiger partial charge in [0.05, 0.1) is 0 Å². The number of carboxylic acid groups (broad SMARTS) is 1. The van der Waals surface area contributed by atoms with Crippen molar-refractivity contribution >= 4 is 5.97 Å². The number of piperazine rings is 1. The van der Waals surface area contributed by atoms with E-state index < -0.39 is 11.5 Å². The van der Waals surface area contributed by atoms with E-state index in [0.29, 0.717) is 12.5 Å². The molecule has 0 spiro atoms. The largest absolute Gasteiger partial charge is 0.480 e. The molecule has 0 radical (unpaired) electrons. The Balaban J connectivity index is 2.64. The normalized spacial score (nSPS) is 25.5. The molecule has 3 unspecified atom stereocenters. The van der Waals surface area contributed by atoms with Crippen LogP contribution in [0.15, 0.2) is 0 Å². The third-order valence-electron chi connectivity index (χ3n) is 4.84. The van der Waals surface area contributed by atoms with Crippen molar-refractivity contribution in [3.8, 4) is 0 Å². The van der Waals surface area contributed by atoms with Gasteiger partial charge < -0.3 is 15.3 Å². The van der Waals surface area contributed by atoms with Gasteiger partial charge in [-0.15, -0.1) is 0 Å². The third kappa shape index (κ3) is 4.94. The maximum atomic E-state index is 11.6. The summed E-state index contributed by atoms with van der Waals surface area (Å²) in [6.45, 7) is 12.1. The molecule has 5 nitrogen and oxygen atoms in total. The Hall–Kier alpha value is -0.650. The second kappa shape index (κ2) is 8.11. The molecule has 21 heavy (non-hydrogen) atoms. The molecule has 3 atom stereocenters. The topological polar surface area (TPSA) is 55.8 Å². The van der Waals surface area contributed by atoms with Crippen LogP contribution in [-0.4, -0.2) is 71.7 Å². The first-order valence-electron chi connectivity index (χ1n) is 8.26. The molecule has 1 saturated heterocycles. The summed E-state index contributed by atoms with van der Waals surface area (Å²) in [5.74, 6) is -0.746. The summed E-state index contributed by atoms with van der Waals surface area (Å²) < 4.78 is 0. The van der Waals surface area contributed by atoms with Gasteiger partial charge >= 0.3 is 5.97 Å². The smallest absolute Gasteiger partial charge is 0.323 e. The van der Waals surface area contributed by atoms with E-state index in [9.17, 15) is 9.90 Å². The Kier molecular flexibility index (Phi) is 7.10. The highest BCUT2D eigenvalue weighted by atomic mass is 16.4. The number of carboxylic acids is 1. The van der Waals surface area contributed by atoms with Gasteiger partial charge in [-0.1, -0.05) is 13.8 Å². The van der Waals surface area contributed by atoms with E-state index in [1.54, 1.807) is 0 Å². The van der Waals surface area contributed by atoms with Gasteiger partial charge in [0, 0.05) is 31.7 Å². The second-order valence-electron chi connectivity index (χ2n) is 6.65. The van der Waals surface area contributed by atoms with Crippen LogP contribution in [0.3, 0.4) is 0 Å². The van der Waals surface area contributed by atoms with E-state index in [-0.39, 0.29) is 6.04 Å². The van der Waals surface area contributed by atoms with E-state index in [1.807, 2.05) is 6.92 Å². The van der Waals surface area contributed by atoms with Gasteiger partial charge in [-0.2, -0.15) is 0 Å². The lowest BCUT2D eigenvalue weighted by atomic mass is 9.92. The monoisotopic (exact) mass is 299 g/mol. The van der Waals surface area contributed by atoms with Gasteiger partial charge in [0.25, 0.3) is 0 Å². The molecule has 0 aromatic heterocycles. The van der Waals surface area contributed by atoms with Crippen LogP contribution in [0.25, 0.3) is 0 Å². The highest BCUT2D eigenvalue weighted by molar-refractivity contribution is 5.78. The van der Waals surface area contributed by atoms with E-state index >= 15 is 0 Å². The van der Waals surface area contributed by atoms with Crippen molar-refractivity contribution in [1.82, 2.24) is 15.1 Å². The summed E-state index contributed by atoms with van der Waals surface area (Å²) in [5.41, 5.74) is -0.833. The molecule has 1 fully saturated rings. The standard InChI is InChI=1S/C16H33N3O2/c1-6-8-17-16(4,15(20)21)11-13(3)19-10-9-18(5)14(7-2)12-19/h13-14,17H,6-12H2,1-5H3,(H,20,21). The molecule has 1 aliphatic rings. The Labute approximate surface area is 129 Å². The van der Waals surface area contributed by atoms with Crippen LogP contribution in [-0.2, 0) is 4.79 Å². The molecular weight excluding hydrogens is 266 g/mol. The average molecular weight is 299 g/mol. The van der Waals surface area contributed by atoms with Gasteiger partial charge in [0.15, 0.2) is 0 Å². The van der Waals surface area contributed by atoms with Crippen LogP contribution in [0, 0.1) is 0 Å². The van der Waals surface area contributed by atoms with Crippen molar-refractivity contribution in [3.63, 3.8) is 0 Å². The van der Waals surface area contributed by atoms with Gasteiger partial charge in [-0.05, 0) is 46.7 Å². The number of hydrogen-bond acceptors (Lipinski definition) is 4. The lowest BCUT2D eigenvalue weighted by Crippen LogP contribution is -2.58. The molecule has 0 saturated carbocycles. The molecule has 0 aliphatic carbocycles. The summed E-state index contributed by atoms with van der Waals surface area (Å²) in [5, 5.41) is 12.8. The Morgan fingerprint density at radius 1 is 1.43 bits per heavy atom. The molecule has 0 aromatic rings. The average Bonchev–Trinajstić information content (AvgIpc) is 2.45. The number of hydrogen-bond donors (Lipinski definition) is 2. The van der Waals surface area contributed by atoms with Crippen LogP contribution in [0.4, 0.5) is 0 Å². The molecule has 0 aromatic carbocycles. The molecule has 5 heteroatoms. The number of likely N-dealkylation sites (N-methyl/N-ethyl adjacent to an activating group) is 1. The Morgan fingerprint density at radius 3 is 2.62 bits per heavy atom. The molecule has 0 bridgehead atoms. The van der Waals surface area contributed by atoms with Crippen molar-refractivity contribution in [2.75, 3.05) is 33.2 Å². The third-order valence-corrected chi connectivity index (χ3v) is 4.84. The van der Waals surface area contributed by atoms with E-state index in [2.05, 4.69) is 42.9 Å². The predicted octanol–water partition coefficient (Wildman–Crippen LogP) is 1.63. The molecule has 124 valence electrons. The highest BCUT2D eigenvalue weighted by Crippen LogP contribution is 2.20. The van der Waals surface area contributed by atoms with Crippen molar-refractivity contribution in [2.45, 2.75) is 64.6 Å². The second-order valence-corrected chi connectivity index (χ2v) is 6.65. The molecule has 0 amide bonds. The maximum absolute atomic E-state index is 11.6. The Bertz CT molecular complexity index is 337. The number of aliphatic carboxylic acids is 1. The van der Waals surface area contributed by atoms with Gasteiger partial charge in [-0.3, -0.25) is 9.69 Å². The van der Waals surface area contributed by atoms with Crippen molar-refractivity contribution in [1.29, 1.82) is 0 Å². The first-order chi connectivity index (χ1) is 9.84. The van der Waals surface area contributed by atoms with Crippen LogP contribution < -0.4 is 5.32 Å². The maximum Gasteiger partial charge on any atom is 0.323 e. The van der Waals surface area contributed by atoms with Gasteiger partial charge in [0.2, 0.25) is 0 Å². The minimum Gasteiger partial charge on any atom is -0.480 e. The zero-order valence-electron chi connectivity index (χ0n) is 14.4. The van der Waals surface area contributed by atoms with Gasteiger partial charge in [0.1, 0.15) is 5.54 Å². The summed E-state index contributed by atoms with van der Waals surface area (Å²) in [4.78, 5) is 16.5. The number of rotatable bonds is 8. The highest BCUT2D eigenvalue weighted by Gasteiger charge is 2.36. The van der Waals surface area contributed by atoms with Crippen LogP contribution in [0.1, 0.15) is 47.0 Å². The predicted molar refractivity (Wildman–Crippen MR) is 86.7 cm³/mol. The van der Waals surface area contributed by atoms with Crippen molar-refractivity contribution in [3.05, 3.63) is 0 Å². The minimum atomic E-state index is -0.833. The van der Waals surface area contributed by atoms with Crippen LogP contribution >= 0.6 is 0 Å². The number of nitrogens with zero attached hydrogens (tertiary/aromatic N) is 2. The lowest BCUT2D eigenvalue weighted by molar-refractivity contribution is -0.145. The summed E-state index contributed by atoms with van der Waals surface area (Å²) in [7, 11) is 2.18. The van der Waals surface area contributed by atoms with E-state index in [1.165, 1.54) is 0 Å². The molecule has 2 N–H and O–H groups in total. The summed E-state index contributed by atoms with van der Waals surface area (Å²) in [6, 6.07) is 0.860. The fraction of sp³-hybridized carbons (Fsp3) is 0.938. The summed E-state index contributed by atoms with van der Waals surface area (Å²) in [6.07, 6.45) is 2.73. The van der Waals surface area contributed by atoms with E-state index in [4.69, 9.17) is 0 Å². The van der Waals surface area contributed by atoms with Crippen molar-refractivity contribution in [2.24, 2.45) is 0 Å². The molecule has 1 rings (SSSR count). The van der Waals surface area contributed by atoms with Crippen LogP contribution in [0.2, 0.25) is 0 Å². The molecule has 1 aliphatic heterocycles. The fourth-order valence-electron chi connectivity index (χ4n) is 3.17. The number of nitrogens with one attached hydrogen (secondary N) is 1. The molecular formula is C16H33N3O2. The first kappa shape index (κ1) is 18.4. The van der Waals surface area contributed by atoms with Crippen LogP contribution in [0.5, 0.6) is 0 Å². The summed E-state index contributed by atoms with van der Waals surface area (Å²) >= 11 is 0. The lowest BCUT2D eigenvalue weighted by Gasteiger charge is -2.43. The molecule has 1 heterocycles. The Morgan fingerprint density at radius 2 is 2.10 bits per heavy atom. The SMILES string of the molecule is CCCNC(C)(CC(C)N1CCN(C)C(CC)C1)C(=O)O. The first-order valence-corrected chi connectivity index (χ1v) is 8.26. The zero-order valence-corrected chi connectivity index (χ0v) is 14.4. The fourth-order valence-corrected chi connectivity index (χ4v) is 3.17. The van der Waals surface area contributed by atoms with Crippen molar-refractivity contribution < 1.29 is 9.90 Å². The minimum absolute atomic E-state index is 0.276. The zero-order chi connectivity index (χ0) is 16.0. The quantitative estimate of drug-likeness (QED) is 0.713. The van der Waals surface area contributed by atoms with E-state index in [0.717, 1.165) is 39.0 Å². The number of carbonyl (C=O) groups is 1.